The molecule has 3 heteroatoms. The van der Waals surface area contributed by atoms with E-state index in [1.807, 2.05) is 11.3 Å². The lowest BCUT2D eigenvalue weighted by Gasteiger charge is -2.39. The van der Waals surface area contributed by atoms with Crippen molar-refractivity contribution in [2.75, 3.05) is 4.90 Å². The number of hydrogen-bond donors (Lipinski definition) is 0. The van der Waals surface area contributed by atoms with Crippen LogP contribution in [-0.4, -0.2) is 0 Å². The van der Waals surface area contributed by atoms with E-state index in [2.05, 4.69) is 169 Å². The molecule has 0 radical (unpaired) electrons. The number of anilines is 3. The van der Waals surface area contributed by atoms with Gasteiger partial charge in [0.15, 0.2) is 0 Å². The number of thiophene rings is 1. The highest BCUT2D eigenvalue weighted by atomic mass is 32.1. The Kier molecular flexibility index (Phi) is 5.40. The smallest absolute Gasteiger partial charge is 0.150 e. The van der Waals surface area contributed by atoms with Gasteiger partial charge in [0.05, 0.1) is 20.5 Å². The molecule has 1 aliphatic heterocycles. The Morgan fingerprint density at radius 2 is 1.00 bits per heavy atom. The van der Waals surface area contributed by atoms with E-state index in [-0.39, 0.29) is 0 Å². The minimum atomic E-state index is -0.468. The van der Waals surface area contributed by atoms with Crippen LogP contribution in [0.25, 0.3) is 31.3 Å². The van der Waals surface area contributed by atoms with Gasteiger partial charge in [-0.1, -0.05) is 127 Å². The van der Waals surface area contributed by atoms with Crippen molar-refractivity contribution < 1.29 is 4.74 Å². The minimum absolute atomic E-state index is 0.468. The van der Waals surface area contributed by atoms with Crippen molar-refractivity contribution in [2.24, 2.45) is 0 Å². The van der Waals surface area contributed by atoms with Gasteiger partial charge in [0.25, 0.3) is 0 Å². The number of nitrogens with zero attached hydrogens (tertiary/aromatic N) is 1. The highest BCUT2D eigenvalue weighted by molar-refractivity contribution is 7.26. The van der Waals surface area contributed by atoms with Crippen molar-refractivity contribution in [3.8, 4) is 22.6 Å². The predicted molar refractivity (Wildman–Crippen MR) is 191 cm³/mol. The van der Waals surface area contributed by atoms with Gasteiger partial charge in [0.2, 0.25) is 0 Å². The van der Waals surface area contributed by atoms with Gasteiger partial charge in [-0.15, -0.1) is 11.3 Å². The number of hydrogen-bond acceptors (Lipinski definition) is 3. The molecule has 2 aliphatic rings. The summed E-state index contributed by atoms with van der Waals surface area (Å²) in [6.07, 6.45) is 0. The normalized spacial score (nSPS) is 13.6. The van der Waals surface area contributed by atoms with Crippen LogP contribution in [0.4, 0.5) is 17.1 Å². The Bertz CT molecular complexity index is 2380. The SMILES string of the molecule is c1ccc(N(c2ccccc2)c2cccc3c2sc2c4c(ccc23)C2(c3ccccc3O4)c3ccccc3-c3ccccc32)cc1. The predicted octanol–water partition coefficient (Wildman–Crippen LogP) is 12.0. The van der Waals surface area contributed by atoms with E-state index in [1.165, 1.54) is 53.6 Å². The summed E-state index contributed by atoms with van der Waals surface area (Å²) in [5.41, 5.74) is 10.6. The van der Waals surface area contributed by atoms with Gasteiger partial charge >= 0.3 is 0 Å². The molecule has 2 heterocycles. The van der Waals surface area contributed by atoms with Gasteiger partial charge in [-0.25, -0.2) is 0 Å². The summed E-state index contributed by atoms with van der Waals surface area (Å²) in [6.45, 7) is 0. The van der Waals surface area contributed by atoms with Crippen LogP contribution >= 0.6 is 11.3 Å². The third kappa shape index (κ3) is 3.35. The lowest BCUT2D eigenvalue weighted by atomic mass is 9.66. The summed E-state index contributed by atoms with van der Waals surface area (Å²) in [5, 5.41) is 2.46. The number of rotatable bonds is 3. The molecular formula is C43H27NOS. The van der Waals surface area contributed by atoms with Crippen LogP contribution in [0.3, 0.4) is 0 Å². The first-order valence-corrected chi connectivity index (χ1v) is 16.5. The van der Waals surface area contributed by atoms with E-state index in [0.717, 1.165) is 28.6 Å². The molecule has 0 bridgehead atoms. The van der Waals surface area contributed by atoms with E-state index in [0.29, 0.717) is 0 Å². The molecule has 0 saturated heterocycles. The Labute approximate surface area is 271 Å². The summed E-state index contributed by atoms with van der Waals surface area (Å²) >= 11 is 1.83. The van der Waals surface area contributed by atoms with Gasteiger partial charge in [-0.3, -0.25) is 0 Å². The molecule has 8 aromatic rings. The summed E-state index contributed by atoms with van der Waals surface area (Å²) in [4.78, 5) is 2.37. The van der Waals surface area contributed by atoms with Crippen molar-refractivity contribution in [3.63, 3.8) is 0 Å². The maximum Gasteiger partial charge on any atom is 0.150 e. The van der Waals surface area contributed by atoms with Crippen LogP contribution in [0.5, 0.6) is 11.5 Å². The Balaban J connectivity index is 1.29. The number of fused-ring (bicyclic) bond motifs is 13. The van der Waals surface area contributed by atoms with Crippen LogP contribution in [0, 0.1) is 0 Å². The second-order valence-electron chi connectivity index (χ2n) is 12.0. The quantitative estimate of drug-likeness (QED) is 0.199. The molecule has 10 rings (SSSR count). The maximum absolute atomic E-state index is 7.00. The van der Waals surface area contributed by atoms with Crippen molar-refractivity contribution >= 4 is 48.6 Å². The minimum Gasteiger partial charge on any atom is -0.455 e. The van der Waals surface area contributed by atoms with Crippen LogP contribution in [0.15, 0.2) is 164 Å². The lowest BCUT2D eigenvalue weighted by molar-refractivity contribution is 0.442. The first-order chi connectivity index (χ1) is 22.8. The Hall–Kier alpha value is -5.64. The van der Waals surface area contributed by atoms with Gasteiger partial charge in [0, 0.05) is 33.3 Å². The molecule has 1 spiro atoms. The highest BCUT2D eigenvalue weighted by Gasteiger charge is 2.51. The molecule has 0 atom stereocenters. The van der Waals surface area contributed by atoms with Crippen LogP contribution in [0.1, 0.15) is 22.3 Å². The van der Waals surface area contributed by atoms with Crippen molar-refractivity contribution in [2.45, 2.75) is 5.41 Å². The Morgan fingerprint density at radius 3 is 1.67 bits per heavy atom. The molecule has 0 amide bonds. The number of benzene rings is 7. The van der Waals surface area contributed by atoms with Crippen molar-refractivity contribution in [3.05, 3.63) is 186 Å². The van der Waals surface area contributed by atoms with E-state index in [4.69, 9.17) is 4.74 Å². The van der Waals surface area contributed by atoms with E-state index < -0.39 is 5.41 Å². The summed E-state index contributed by atoms with van der Waals surface area (Å²) < 4.78 is 9.42. The molecular weight excluding hydrogens is 579 g/mol. The molecule has 216 valence electrons. The third-order valence-corrected chi connectivity index (χ3v) is 11.0. The van der Waals surface area contributed by atoms with Crippen LogP contribution in [0.2, 0.25) is 0 Å². The Morgan fingerprint density at radius 1 is 0.435 bits per heavy atom. The zero-order valence-electron chi connectivity index (χ0n) is 24.9. The number of para-hydroxylation sites is 3. The molecule has 0 unspecified atom stereocenters. The summed E-state index contributed by atoms with van der Waals surface area (Å²) in [5.74, 6) is 1.88. The largest absolute Gasteiger partial charge is 0.455 e. The van der Waals surface area contributed by atoms with E-state index in [1.54, 1.807) is 0 Å². The average Bonchev–Trinajstić information content (AvgIpc) is 3.65. The monoisotopic (exact) mass is 605 g/mol. The molecule has 0 fully saturated rings. The number of ether oxygens (including phenoxy) is 1. The van der Waals surface area contributed by atoms with Gasteiger partial charge in [-0.05, 0) is 58.7 Å². The fourth-order valence-electron chi connectivity index (χ4n) is 7.91. The van der Waals surface area contributed by atoms with Crippen LogP contribution < -0.4 is 9.64 Å². The van der Waals surface area contributed by atoms with Gasteiger partial charge in [-0.2, -0.15) is 0 Å². The first kappa shape index (κ1) is 25.7. The summed E-state index contributed by atoms with van der Waals surface area (Å²) in [6, 6.07) is 59.1. The molecule has 2 nitrogen and oxygen atoms in total. The zero-order valence-corrected chi connectivity index (χ0v) is 25.7. The molecule has 1 aromatic heterocycles. The molecule has 0 saturated carbocycles. The molecule has 7 aromatic carbocycles. The second kappa shape index (κ2) is 9.68. The first-order valence-electron chi connectivity index (χ1n) is 15.7. The van der Waals surface area contributed by atoms with Crippen molar-refractivity contribution in [1.29, 1.82) is 0 Å². The lowest BCUT2D eigenvalue weighted by Crippen LogP contribution is -2.32. The maximum atomic E-state index is 7.00. The van der Waals surface area contributed by atoms with E-state index >= 15 is 0 Å². The van der Waals surface area contributed by atoms with E-state index in [9.17, 15) is 0 Å². The average molecular weight is 606 g/mol. The third-order valence-electron chi connectivity index (χ3n) is 9.73. The standard InChI is InChI=1S/C43H27NOS/c1-3-14-28(15-4-1)44(29-16-5-2-6-17-29)38-24-13-20-32-33-26-27-37-40(42(33)46-41(32)38)45-39-25-12-11-23-36(39)43(37)34-21-9-7-18-30(34)31-19-8-10-22-35(31)43/h1-27H. The van der Waals surface area contributed by atoms with Crippen molar-refractivity contribution in [1.82, 2.24) is 0 Å². The fraction of sp³-hybridized carbons (Fsp3) is 0.0233. The second-order valence-corrected chi connectivity index (χ2v) is 13.0. The fourth-order valence-corrected chi connectivity index (χ4v) is 9.20. The molecule has 0 N–H and O–H groups in total. The molecule has 1 aliphatic carbocycles. The topological polar surface area (TPSA) is 12.5 Å². The van der Waals surface area contributed by atoms with Crippen LogP contribution in [-0.2, 0) is 5.41 Å². The zero-order chi connectivity index (χ0) is 30.2. The van der Waals surface area contributed by atoms with Gasteiger partial charge < -0.3 is 9.64 Å². The van der Waals surface area contributed by atoms with Gasteiger partial charge in [0.1, 0.15) is 11.5 Å². The highest BCUT2D eigenvalue weighted by Crippen LogP contribution is 2.63. The summed E-state index contributed by atoms with van der Waals surface area (Å²) in [7, 11) is 0. The molecule has 46 heavy (non-hydrogen) atoms.